The van der Waals surface area contributed by atoms with Crippen LogP contribution >= 0.6 is 7.51 Å². The van der Waals surface area contributed by atoms with Crippen molar-refractivity contribution in [1.29, 1.82) is 0 Å². The molecule has 0 aliphatic carbocycles. The van der Waals surface area contributed by atoms with Gasteiger partial charge < -0.3 is 10.2 Å². The van der Waals surface area contributed by atoms with Crippen LogP contribution in [0, 0.1) is 0 Å². The van der Waals surface area contributed by atoms with Gasteiger partial charge in [-0.05, 0) is 77.2 Å². The molecule has 0 radical (unpaired) electrons. The molecule has 0 amide bonds. The highest BCUT2D eigenvalue weighted by atomic mass is 31.2. The predicted octanol–water partition coefficient (Wildman–Crippen LogP) is 3.93. The van der Waals surface area contributed by atoms with E-state index >= 15 is 0 Å². The molecule has 25 heavy (non-hydrogen) atoms. The van der Waals surface area contributed by atoms with Gasteiger partial charge in [-0.25, -0.2) is 9.42 Å². The molecular formula is C18H27N4O2P. The molecule has 0 atom stereocenters. The molecule has 2 aromatic rings. The van der Waals surface area contributed by atoms with Crippen LogP contribution < -0.4 is 0 Å². The van der Waals surface area contributed by atoms with E-state index < -0.39 is 7.51 Å². The Hall–Kier alpha value is -1.85. The van der Waals surface area contributed by atoms with Crippen molar-refractivity contribution in [3.05, 3.63) is 54.1 Å². The van der Waals surface area contributed by atoms with Gasteiger partial charge in [-0.1, -0.05) is 12.1 Å². The van der Waals surface area contributed by atoms with Crippen LogP contribution in [-0.4, -0.2) is 59.5 Å². The predicted molar refractivity (Wildman–Crippen MR) is 104 cm³/mol. The Kier molecular flexibility index (Phi) is 6.25. The zero-order valence-electron chi connectivity index (χ0n) is 15.5. The number of phenolic OH excluding ortho intramolecular Hbond substituents is 2. The van der Waals surface area contributed by atoms with Crippen LogP contribution in [0.2, 0.25) is 0 Å². The third-order valence-corrected chi connectivity index (χ3v) is 7.68. The Morgan fingerprint density at radius 2 is 1.20 bits per heavy atom. The zero-order chi connectivity index (χ0) is 18.6. The molecule has 7 heteroatoms. The van der Waals surface area contributed by atoms with E-state index in [4.69, 9.17) is 4.74 Å². The Bertz CT molecular complexity index is 731. The quantitative estimate of drug-likeness (QED) is 0.763. The second-order valence-corrected chi connectivity index (χ2v) is 9.89. The Morgan fingerprint density at radius 3 is 1.64 bits per heavy atom. The summed E-state index contributed by atoms with van der Waals surface area (Å²) in [6, 6.07) is 14.2. The minimum absolute atomic E-state index is 0.232. The van der Waals surface area contributed by atoms with Gasteiger partial charge in [-0.3, -0.25) is 9.34 Å². The molecule has 136 valence electrons. The van der Waals surface area contributed by atoms with Gasteiger partial charge in [-0.2, -0.15) is 0 Å². The van der Waals surface area contributed by atoms with Gasteiger partial charge in [0.05, 0.1) is 5.69 Å². The molecule has 0 heterocycles. The maximum atomic E-state index is 9.52. The molecule has 0 unspecified atom stereocenters. The third-order valence-electron chi connectivity index (χ3n) is 3.98. The number of phenols is 2. The van der Waals surface area contributed by atoms with E-state index in [1.54, 1.807) is 24.3 Å². The van der Waals surface area contributed by atoms with E-state index in [-0.39, 0.29) is 11.5 Å². The number of hydrogen-bond donors (Lipinski definition) is 2. The van der Waals surface area contributed by atoms with Crippen molar-refractivity contribution in [2.45, 2.75) is 6.54 Å². The molecule has 0 bridgehead atoms. The molecule has 0 saturated carbocycles. The normalized spacial score (nSPS) is 12.2. The molecule has 2 N–H and O–H groups in total. The minimum atomic E-state index is -2.16. The minimum Gasteiger partial charge on any atom is -0.508 e. The van der Waals surface area contributed by atoms with Gasteiger partial charge in [-0.15, -0.1) is 0 Å². The largest absolute Gasteiger partial charge is 0.508 e. The summed E-state index contributed by atoms with van der Waals surface area (Å²) in [5.74, 6) is 0.497. The van der Waals surface area contributed by atoms with Crippen molar-refractivity contribution in [1.82, 2.24) is 14.0 Å². The van der Waals surface area contributed by atoms with Crippen molar-refractivity contribution in [3.63, 3.8) is 0 Å². The van der Waals surface area contributed by atoms with Gasteiger partial charge in [0.15, 0.2) is 7.51 Å². The summed E-state index contributed by atoms with van der Waals surface area (Å²) in [4.78, 5) is 0. The van der Waals surface area contributed by atoms with E-state index in [1.807, 2.05) is 52.5 Å². The summed E-state index contributed by atoms with van der Waals surface area (Å²) in [7, 11) is 8.03. The van der Waals surface area contributed by atoms with E-state index in [1.165, 1.54) is 0 Å². The average molecular weight is 362 g/mol. The highest BCUT2D eigenvalue weighted by Crippen LogP contribution is 2.58. The molecule has 0 spiro atoms. The van der Waals surface area contributed by atoms with Crippen molar-refractivity contribution in [2.75, 3.05) is 35.2 Å². The Labute approximate surface area is 150 Å². The average Bonchev–Trinajstić information content (AvgIpc) is 2.55. The van der Waals surface area contributed by atoms with Crippen molar-refractivity contribution in [2.24, 2.45) is 4.74 Å². The topological polar surface area (TPSA) is 62.5 Å². The number of hydrogen-bond acceptors (Lipinski definition) is 3. The Balaban J connectivity index is 2.46. The third kappa shape index (κ3) is 4.41. The van der Waals surface area contributed by atoms with Crippen LogP contribution in [0.5, 0.6) is 11.5 Å². The lowest BCUT2D eigenvalue weighted by atomic mass is 10.2. The highest BCUT2D eigenvalue weighted by Gasteiger charge is 2.31. The van der Waals surface area contributed by atoms with Crippen LogP contribution in [0.4, 0.5) is 5.69 Å². The first-order valence-corrected chi connectivity index (χ1v) is 9.62. The zero-order valence-corrected chi connectivity index (χ0v) is 16.4. The van der Waals surface area contributed by atoms with Crippen molar-refractivity contribution < 1.29 is 10.2 Å². The first-order chi connectivity index (χ1) is 11.8. The monoisotopic (exact) mass is 362 g/mol. The molecule has 0 fully saturated rings. The smallest absolute Gasteiger partial charge is 0.172 e. The summed E-state index contributed by atoms with van der Waals surface area (Å²) in [5.41, 5.74) is 1.93. The molecule has 0 aliphatic heterocycles. The standard InChI is InChI=1S/C18H27N4O2P/c1-20(2)25(21(3)4,19-16-8-12-18(24)13-9-16)22(5)14-15-6-10-17(23)11-7-15/h6-13,23-24H,14H2,1-5H3. The van der Waals surface area contributed by atoms with Gasteiger partial charge in [0.1, 0.15) is 11.5 Å². The van der Waals surface area contributed by atoms with Crippen LogP contribution in [0.1, 0.15) is 5.56 Å². The van der Waals surface area contributed by atoms with Crippen LogP contribution in [0.25, 0.3) is 0 Å². The number of benzene rings is 2. The van der Waals surface area contributed by atoms with E-state index in [0.29, 0.717) is 6.54 Å². The van der Waals surface area contributed by atoms with Gasteiger partial charge >= 0.3 is 0 Å². The Morgan fingerprint density at radius 1 is 0.760 bits per heavy atom. The van der Waals surface area contributed by atoms with Crippen molar-refractivity contribution in [3.8, 4) is 11.5 Å². The highest BCUT2D eigenvalue weighted by molar-refractivity contribution is 7.59. The summed E-state index contributed by atoms with van der Waals surface area (Å²) in [6.07, 6.45) is 0. The maximum absolute atomic E-state index is 9.52. The number of aromatic hydroxyl groups is 2. The van der Waals surface area contributed by atoms with Crippen LogP contribution in [-0.2, 0) is 6.54 Å². The fourth-order valence-corrected chi connectivity index (χ4v) is 6.10. The first kappa shape index (κ1) is 19.5. The van der Waals surface area contributed by atoms with E-state index in [0.717, 1.165) is 11.3 Å². The van der Waals surface area contributed by atoms with Gasteiger partial charge in [0.2, 0.25) is 0 Å². The fourth-order valence-electron chi connectivity index (χ4n) is 2.86. The lowest BCUT2D eigenvalue weighted by Crippen LogP contribution is -2.32. The molecule has 6 nitrogen and oxygen atoms in total. The SMILES string of the molecule is CN(C)P(=Nc1ccc(O)cc1)(N(C)C)N(C)Cc1ccc(O)cc1. The second kappa shape index (κ2) is 8.02. The van der Waals surface area contributed by atoms with Crippen LogP contribution in [0.3, 0.4) is 0 Å². The number of nitrogens with zero attached hydrogens (tertiary/aromatic N) is 4. The molecular weight excluding hydrogens is 335 g/mol. The van der Waals surface area contributed by atoms with Crippen molar-refractivity contribution >= 4 is 13.2 Å². The lowest BCUT2D eigenvalue weighted by Gasteiger charge is -2.42. The summed E-state index contributed by atoms with van der Waals surface area (Å²) in [5, 5.41) is 19.0. The van der Waals surface area contributed by atoms with E-state index in [9.17, 15) is 10.2 Å². The fraction of sp³-hybridized carbons (Fsp3) is 0.333. The lowest BCUT2D eigenvalue weighted by molar-refractivity contribution is 0.426. The van der Waals surface area contributed by atoms with Crippen LogP contribution in [0.15, 0.2) is 53.3 Å². The first-order valence-electron chi connectivity index (χ1n) is 8.02. The van der Waals surface area contributed by atoms with Gasteiger partial charge in [0, 0.05) is 6.54 Å². The molecule has 0 aliphatic rings. The maximum Gasteiger partial charge on any atom is 0.172 e. The molecule has 0 aromatic heterocycles. The summed E-state index contributed by atoms with van der Waals surface area (Å²) >= 11 is 0. The van der Waals surface area contributed by atoms with E-state index in [2.05, 4.69) is 21.1 Å². The summed E-state index contributed by atoms with van der Waals surface area (Å²) in [6.45, 7) is 0.700. The van der Waals surface area contributed by atoms with Gasteiger partial charge in [0.25, 0.3) is 0 Å². The summed E-state index contributed by atoms with van der Waals surface area (Å²) < 4.78 is 11.6. The second-order valence-electron chi connectivity index (χ2n) is 6.33. The molecule has 2 aromatic carbocycles. The molecule has 2 rings (SSSR count). The molecule has 0 saturated heterocycles. The number of rotatable bonds is 6.